The second-order valence-corrected chi connectivity index (χ2v) is 7.24. The van der Waals surface area contributed by atoms with Crippen LogP contribution in [0.4, 0.5) is 0 Å². The van der Waals surface area contributed by atoms with E-state index in [1.165, 1.54) is 0 Å². The Kier molecular flexibility index (Phi) is 4.57. The summed E-state index contributed by atoms with van der Waals surface area (Å²) in [5, 5.41) is 0.733. The van der Waals surface area contributed by atoms with Gasteiger partial charge in [0.2, 0.25) is 0 Å². The second kappa shape index (κ2) is 6.42. The quantitative estimate of drug-likeness (QED) is 0.729. The first-order valence-corrected chi connectivity index (χ1v) is 8.81. The van der Waals surface area contributed by atoms with Gasteiger partial charge in [0.25, 0.3) is 5.91 Å². The third kappa shape index (κ3) is 3.12. The summed E-state index contributed by atoms with van der Waals surface area (Å²) in [6.45, 7) is 0.752. The predicted molar refractivity (Wildman–Crippen MR) is 91.8 cm³/mol. The van der Waals surface area contributed by atoms with Crippen LogP contribution in [0.15, 0.2) is 53.0 Å². The number of halogens is 2. The number of carbonyl (C=O) groups excluding carboxylic acids is 1. The van der Waals surface area contributed by atoms with E-state index in [4.69, 9.17) is 11.6 Å². The van der Waals surface area contributed by atoms with Gasteiger partial charge in [0, 0.05) is 21.8 Å². The first-order chi connectivity index (χ1) is 10.2. The molecule has 2 aromatic rings. The number of benzene rings is 2. The van der Waals surface area contributed by atoms with E-state index in [1.807, 2.05) is 53.4 Å². The van der Waals surface area contributed by atoms with Crippen LogP contribution < -0.4 is 0 Å². The highest BCUT2D eigenvalue weighted by molar-refractivity contribution is 9.10. The Labute approximate surface area is 141 Å². The predicted octanol–water partition coefficient (Wildman–Crippen LogP) is 4.99. The molecule has 1 heterocycles. The lowest BCUT2D eigenvalue weighted by atomic mass is 10.1. The molecule has 3 rings (SSSR count). The topological polar surface area (TPSA) is 20.3 Å². The second-order valence-electron chi connectivity index (χ2n) is 4.76. The molecular weight excluding hydrogens is 370 g/mol. The SMILES string of the molecule is O=C(c1ccccc1Br)N1CCS[C@H]1c1cccc(Cl)c1. The number of amides is 1. The summed E-state index contributed by atoms with van der Waals surface area (Å²) in [6.07, 6.45) is 0. The lowest BCUT2D eigenvalue weighted by molar-refractivity contribution is 0.0759. The van der Waals surface area contributed by atoms with Crippen molar-refractivity contribution in [1.82, 2.24) is 4.90 Å². The third-order valence-corrected chi connectivity index (χ3v) is 5.58. The minimum Gasteiger partial charge on any atom is -0.322 e. The fourth-order valence-corrected chi connectivity index (χ4v) is 4.30. The molecule has 1 atom stereocenters. The summed E-state index contributed by atoms with van der Waals surface area (Å²) in [7, 11) is 0. The molecule has 1 fully saturated rings. The average Bonchev–Trinajstić information content (AvgIpc) is 2.96. The van der Waals surface area contributed by atoms with Gasteiger partial charge in [-0.25, -0.2) is 0 Å². The fraction of sp³-hybridized carbons (Fsp3) is 0.188. The molecule has 1 amide bonds. The lowest BCUT2D eigenvalue weighted by Gasteiger charge is -2.24. The van der Waals surface area contributed by atoms with Gasteiger partial charge in [-0.1, -0.05) is 35.9 Å². The summed E-state index contributed by atoms with van der Waals surface area (Å²) in [6, 6.07) is 15.3. The molecule has 0 bridgehead atoms. The van der Waals surface area contributed by atoms with Crippen molar-refractivity contribution in [3.8, 4) is 0 Å². The molecule has 0 N–H and O–H groups in total. The Hall–Kier alpha value is -0.970. The largest absolute Gasteiger partial charge is 0.322 e. The minimum absolute atomic E-state index is 0.0308. The van der Waals surface area contributed by atoms with Crippen LogP contribution in [0.25, 0.3) is 0 Å². The van der Waals surface area contributed by atoms with Gasteiger partial charge < -0.3 is 4.90 Å². The van der Waals surface area contributed by atoms with Crippen molar-refractivity contribution in [2.24, 2.45) is 0 Å². The maximum atomic E-state index is 12.8. The minimum atomic E-state index is 0.0308. The van der Waals surface area contributed by atoms with Gasteiger partial charge in [-0.15, -0.1) is 11.8 Å². The fourth-order valence-electron chi connectivity index (χ4n) is 2.40. The molecular formula is C16H13BrClNOS. The molecule has 21 heavy (non-hydrogen) atoms. The lowest BCUT2D eigenvalue weighted by Crippen LogP contribution is -2.30. The Balaban J connectivity index is 1.91. The Morgan fingerprint density at radius 1 is 1.24 bits per heavy atom. The van der Waals surface area contributed by atoms with Crippen molar-refractivity contribution < 1.29 is 4.79 Å². The molecule has 108 valence electrons. The molecule has 0 unspecified atom stereocenters. The summed E-state index contributed by atoms with van der Waals surface area (Å²) in [5.41, 5.74) is 1.78. The number of rotatable bonds is 2. The molecule has 1 aliphatic heterocycles. The third-order valence-electron chi connectivity index (χ3n) is 3.39. The summed E-state index contributed by atoms with van der Waals surface area (Å²) in [5.74, 6) is 0.991. The number of hydrogen-bond acceptors (Lipinski definition) is 2. The van der Waals surface area contributed by atoms with E-state index >= 15 is 0 Å². The summed E-state index contributed by atoms with van der Waals surface area (Å²) in [4.78, 5) is 14.7. The Morgan fingerprint density at radius 3 is 2.81 bits per heavy atom. The molecule has 0 aliphatic carbocycles. The van der Waals surface area contributed by atoms with Crippen LogP contribution in [0.3, 0.4) is 0 Å². The van der Waals surface area contributed by atoms with E-state index in [1.54, 1.807) is 11.8 Å². The van der Waals surface area contributed by atoms with Gasteiger partial charge in [0.05, 0.1) is 5.56 Å². The van der Waals surface area contributed by atoms with Crippen molar-refractivity contribution >= 4 is 45.2 Å². The Bertz CT molecular complexity index is 679. The normalized spacial score (nSPS) is 18.0. The standard InChI is InChI=1S/C16H13BrClNOS/c17-14-7-2-1-6-13(14)15(20)19-8-9-21-16(19)11-4-3-5-12(18)10-11/h1-7,10,16H,8-9H2/t16-/m0/s1. The molecule has 1 aliphatic rings. The highest BCUT2D eigenvalue weighted by atomic mass is 79.9. The zero-order valence-corrected chi connectivity index (χ0v) is 14.3. The monoisotopic (exact) mass is 381 g/mol. The van der Waals surface area contributed by atoms with Crippen LogP contribution in [0.5, 0.6) is 0 Å². The smallest absolute Gasteiger partial charge is 0.256 e. The molecule has 5 heteroatoms. The zero-order chi connectivity index (χ0) is 14.8. The van der Waals surface area contributed by atoms with Gasteiger partial charge >= 0.3 is 0 Å². The molecule has 0 radical (unpaired) electrons. The van der Waals surface area contributed by atoms with E-state index in [9.17, 15) is 4.79 Å². The van der Waals surface area contributed by atoms with Gasteiger partial charge in [-0.3, -0.25) is 4.79 Å². The molecule has 0 aromatic heterocycles. The zero-order valence-electron chi connectivity index (χ0n) is 11.1. The Morgan fingerprint density at radius 2 is 2.05 bits per heavy atom. The van der Waals surface area contributed by atoms with Crippen LogP contribution in [0.1, 0.15) is 21.3 Å². The van der Waals surface area contributed by atoms with Crippen molar-refractivity contribution in [2.45, 2.75) is 5.37 Å². The highest BCUT2D eigenvalue weighted by Gasteiger charge is 2.31. The van der Waals surface area contributed by atoms with Gasteiger partial charge in [-0.2, -0.15) is 0 Å². The maximum Gasteiger partial charge on any atom is 0.256 e. The van der Waals surface area contributed by atoms with Crippen molar-refractivity contribution in [3.63, 3.8) is 0 Å². The van der Waals surface area contributed by atoms with Crippen LogP contribution in [0.2, 0.25) is 5.02 Å². The van der Waals surface area contributed by atoms with E-state index in [2.05, 4.69) is 15.9 Å². The van der Waals surface area contributed by atoms with E-state index in [0.29, 0.717) is 10.6 Å². The van der Waals surface area contributed by atoms with E-state index in [0.717, 1.165) is 22.3 Å². The first kappa shape index (κ1) is 14.9. The van der Waals surface area contributed by atoms with Crippen molar-refractivity contribution in [3.05, 3.63) is 69.2 Å². The number of thioether (sulfide) groups is 1. The maximum absolute atomic E-state index is 12.8. The number of hydrogen-bond donors (Lipinski definition) is 0. The van der Waals surface area contributed by atoms with Crippen LogP contribution >= 0.6 is 39.3 Å². The van der Waals surface area contributed by atoms with Crippen LogP contribution in [-0.4, -0.2) is 23.1 Å². The van der Waals surface area contributed by atoms with Gasteiger partial charge in [0.15, 0.2) is 0 Å². The highest BCUT2D eigenvalue weighted by Crippen LogP contribution is 2.39. The van der Waals surface area contributed by atoms with Gasteiger partial charge in [0.1, 0.15) is 5.37 Å². The average molecular weight is 383 g/mol. The van der Waals surface area contributed by atoms with E-state index < -0.39 is 0 Å². The molecule has 1 saturated heterocycles. The molecule has 2 aromatic carbocycles. The molecule has 0 saturated carbocycles. The van der Waals surface area contributed by atoms with Crippen LogP contribution in [-0.2, 0) is 0 Å². The van der Waals surface area contributed by atoms with Crippen molar-refractivity contribution in [2.75, 3.05) is 12.3 Å². The van der Waals surface area contributed by atoms with Crippen molar-refractivity contribution in [1.29, 1.82) is 0 Å². The molecule has 2 nitrogen and oxygen atoms in total. The van der Waals surface area contributed by atoms with Crippen LogP contribution in [0, 0.1) is 0 Å². The summed E-state index contributed by atoms with van der Waals surface area (Å²) >= 11 is 11.3. The number of carbonyl (C=O) groups is 1. The summed E-state index contributed by atoms with van der Waals surface area (Å²) < 4.78 is 0.830. The number of nitrogens with zero attached hydrogens (tertiary/aromatic N) is 1. The first-order valence-electron chi connectivity index (χ1n) is 6.59. The van der Waals surface area contributed by atoms with E-state index in [-0.39, 0.29) is 11.3 Å². The van der Waals surface area contributed by atoms with Gasteiger partial charge in [-0.05, 0) is 45.8 Å². The molecule has 0 spiro atoms.